The van der Waals surface area contributed by atoms with Gasteiger partial charge in [-0.2, -0.15) is 0 Å². The predicted octanol–water partition coefficient (Wildman–Crippen LogP) is 4.08. The summed E-state index contributed by atoms with van der Waals surface area (Å²) in [6, 6.07) is 12.0. The van der Waals surface area contributed by atoms with Crippen LogP contribution < -0.4 is 5.32 Å². The van der Waals surface area contributed by atoms with E-state index in [1.54, 1.807) is 11.3 Å². The fraction of sp³-hybridized carbons (Fsp3) is 0.353. The maximum absolute atomic E-state index is 12.3. The molecule has 1 N–H and O–H groups in total. The Labute approximate surface area is 143 Å². The molecule has 0 radical (unpaired) electrons. The molecule has 1 aromatic carbocycles. The first-order valence-electron chi connectivity index (χ1n) is 7.55. The van der Waals surface area contributed by atoms with E-state index < -0.39 is 0 Å². The molecule has 5 heteroatoms. The van der Waals surface area contributed by atoms with Crippen LogP contribution in [0.1, 0.15) is 34.1 Å². The van der Waals surface area contributed by atoms with E-state index in [0.29, 0.717) is 18.2 Å². The maximum atomic E-state index is 12.3. The zero-order valence-electron chi connectivity index (χ0n) is 12.3. The van der Waals surface area contributed by atoms with Gasteiger partial charge in [-0.25, -0.2) is 0 Å². The summed E-state index contributed by atoms with van der Waals surface area (Å²) in [6.07, 6.45) is 2.50. The third-order valence-corrected chi connectivity index (χ3v) is 5.46. The van der Waals surface area contributed by atoms with E-state index in [4.69, 9.17) is 0 Å². The summed E-state index contributed by atoms with van der Waals surface area (Å²) >= 11 is 5.18. The van der Waals surface area contributed by atoms with Crippen LogP contribution in [0.15, 0.2) is 46.3 Å². The average molecular weight is 379 g/mol. The number of nitrogens with zero attached hydrogens (tertiary/aromatic N) is 1. The summed E-state index contributed by atoms with van der Waals surface area (Å²) in [6.45, 7) is 2.90. The van der Waals surface area contributed by atoms with Gasteiger partial charge in [0.1, 0.15) is 0 Å². The summed E-state index contributed by atoms with van der Waals surface area (Å²) in [5.41, 5.74) is 0.695. The van der Waals surface area contributed by atoms with Crippen molar-refractivity contribution in [1.29, 1.82) is 0 Å². The molecule has 1 aliphatic rings. The Balaban J connectivity index is 1.67. The minimum absolute atomic E-state index is 0.0120. The third-order valence-electron chi connectivity index (χ3n) is 4.00. The number of nitrogens with one attached hydrogen (secondary N) is 1. The van der Waals surface area contributed by atoms with E-state index in [1.807, 2.05) is 24.3 Å². The van der Waals surface area contributed by atoms with E-state index in [9.17, 15) is 4.79 Å². The number of carbonyl (C=O) groups is 1. The van der Waals surface area contributed by atoms with Crippen molar-refractivity contribution in [1.82, 2.24) is 10.2 Å². The number of benzene rings is 1. The molecule has 0 bridgehead atoms. The molecule has 0 spiro atoms. The van der Waals surface area contributed by atoms with Gasteiger partial charge < -0.3 is 5.32 Å². The minimum Gasteiger partial charge on any atom is -0.350 e. The van der Waals surface area contributed by atoms with Crippen LogP contribution in [0.2, 0.25) is 0 Å². The van der Waals surface area contributed by atoms with Crippen molar-refractivity contribution in [2.24, 2.45) is 0 Å². The van der Waals surface area contributed by atoms with Crippen LogP contribution in [0.4, 0.5) is 0 Å². The van der Waals surface area contributed by atoms with Crippen molar-refractivity contribution in [3.05, 3.63) is 56.7 Å². The molecule has 1 atom stereocenters. The van der Waals surface area contributed by atoms with Gasteiger partial charge in [0.15, 0.2) is 0 Å². The molecule has 3 nitrogen and oxygen atoms in total. The molecule has 3 rings (SSSR count). The summed E-state index contributed by atoms with van der Waals surface area (Å²) in [5, 5.41) is 5.20. The third kappa shape index (κ3) is 3.77. The number of thiophene rings is 1. The Morgan fingerprint density at radius 3 is 2.77 bits per heavy atom. The zero-order valence-corrected chi connectivity index (χ0v) is 14.7. The topological polar surface area (TPSA) is 32.3 Å². The summed E-state index contributed by atoms with van der Waals surface area (Å²) < 4.78 is 0.925. The Morgan fingerprint density at radius 1 is 1.27 bits per heavy atom. The molecule has 1 fully saturated rings. The van der Waals surface area contributed by atoms with Gasteiger partial charge in [0.2, 0.25) is 0 Å². The van der Waals surface area contributed by atoms with Gasteiger partial charge in [-0.05, 0) is 55.6 Å². The van der Waals surface area contributed by atoms with Crippen LogP contribution in [-0.4, -0.2) is 30.4 Å². The predicted molar refractivity (Wildman–Crippen MR) is 94.3 cm³/mol. The SMILES string of the molecule is O=C(NC[C@@H](c1cccs1)N1CCCC1)c1cccc(Br)c1. The molecule has 116 valence electrons. The molecular weight excluding hydrogens is 360 g/mol. The van der Waals surface area contributed by atoms with Gasteiger partial charge in [0, 0.05) is 21.5 Å². The second-order valence-corrected chi connectivity index (χ2v) is 7.39. The van der Waals surface area contributed by atoms with Crippen LogP contribution in [-0.2, 0) is 0 Å². The molecular formula is C17H19BrN2OS. The first-order chi connectivity index (χ1) is 10.7. The van der Waals surface area contributed by atoms with Crippen molar-refractivity contribution in [2.75, 3.05) is 19.6 Å². The highest BCUT2D eigenvalue weighted by atomic mass is 79.9. The average Bonchev–Trinajstić information content (AvgIpc) is 3.21. The Morgan fingerprint density at radius 2 is 2.09 bits per heavy atom. The summed E-state index contributed by atoms with van der Waals surface area (Å²) in [7, 11) is 0. The molecule has 0 saturated carbocycles. The molecule has 1 aliphatic heterocycles. The Kier molecular flexibility index (Phi) is 5.28. The van der Waals surface area contributed by atoms with Gasteiger partial charge in [0.05, 0.1) is 6.04 Å². The number of hydrogen-bond acceptors (Lipinski definition) is 3. The molecule has 1 saturated heterocycles. The van der Waals surface area contributed by atoms with Crippen LogP contribution in [0.5, 0.6) is 0 Å². The second kappa shape index (κ2) is 7.40. The standard InChI is InChI=1S/C17H19BrN2OS/c18-14-6-3-5-13(11-14)17(21)19-12-15(16-7-4-10-22-16)20-8-1-2-9-20/h3-7,10-11,15H,1-2,8-9,12H2,(H,19,21)/t15-/m0/s1. The van der Waals surface area contributed by atoms with Crippen molar-refractivity contribution in [3.63, 3.8) is 0 Å². The molecule has 0 aliphatic carbocycles. The molecule has 2 heterocycles. The smallest absolute Gasteiger partial charge is 0.251 e. The van der Waals surface area contributed by atoms with E-state index in [-0.39, 0.29) is 5.91 Å². The quantitative estimate of drug-likeness (QED) is 0.849. The van der Waals surface area contributed by atoms with E-state index in [0.717, 1.165) is 17.6 Å². The van der Waals surface area contributed by atoms with Crippen LogP contribution in [0.25, 0.3) is 0 Å². The van der Waals surface area contributed by atoms with Crippen molar-refractivity contribution < 1.29 is 4.79 Å². The molecule has 22 heavy (non-hydrogen) atoms. The number of rotatable bonds is 5. The maximum Gasteiger partial charge on any atom is 0.251 e. The zero-order chi connectivity index (χ0) is 15.4. The molecule has 1 amide bonds. The largest absolute Gasteiger partial charge is 0.350 e. The van der Waals surface area contributed by atoms with E-state index >= 15 is 0 Å². The fourth-order valence-corrected chi connectivity index (χ4v) is 4.13. The summed E-state index contributed by atoms with van der Waals surface area (Å²) in [4.78, 5) is 16.1. The number of hydrogen-bond donors (Lipinski definition) is 1. The molecule has 2 aromatic rings. The molecule has 1 aromatic heterocycles. The van der Waals surface area contributed by atoms with Crippen LogP contribution in [0.3, 0.4) is 0 Å². The lowest BCUT2D eigenvalue weighted by molar-refractivity contribution is 0.0938. The van der Waals surface area contributed by atoms with E-state index in [1.165, 1.54) is 17.7 Å². The number of halogens is 1. The van der Waals surface area contributed by atoms with Gasteiger partial charge in [-0.15, -0.1) is 11.3 Å². The fourth-order valence-electron chi connectivity index (χ4n) is 2.86. The Hall–Kier alpha value is -1.17. The van der Waals surface area contributed by atoms with Crippen molar-refractivity contribution in [3.8, 4) is 0 Å². The van der Waals surface area contributed by atoms with Gasteiger partial charge in [-0.3, -0.25) is 9.69 Å². The lowest BCUT2D eigenvalue weighted by atomic mass is 10.2. The normalized spacial score (nSPS) is 16.6. The monoisotopic (exact) mass is 378 g/mol. The Bertz CT molecular complexity index is 623. The number of amides is 1. The highest BCUT2D eigenvalue weighted by molar-refractivity contribution is 9.10. The highest BCUT2D eigenvalue weighted by Crippen LogP contribution is 2.27. The van der Waals surface area contributed by atoms with E-state index in [2.05, 4.69) is 43.7 Å². The summed E-state index contributed by atoms with van der Waals surface area (Å²) in [5.74, 6) is -0.0120. The van der Waals surface area contributed by atoms with Gasteiger partial charge in [0.25, 0.3) is 5.91 Å². The van der Waals surface area contributed by atoms with Crippen LogP contribution >= 0.6 is 27.3 Å². The van der Waals surface area contributed by atoms with Crippen LogP contribution in [0, 0.1) is 0 Å². The van der Waals surface area contributed by atoms with Crippen molar-refractivity contribution in [2.45, 2.75) is 18.9 Å². The lowest BCUT2D eigenvalue weighted by Crippen LogP contribution is -2.36. The minimum atomic E-state index is -0.0120. The van der Waals surface area contributed by atoms with Gasteiger partial charge in [-0.1, -0.05) is 28.1 Å². The number of carbonyl (C=O) groups excluding carboxylic acids is 1. The second-order valence-electron chi connectivity index (χ2n) is 5.49. The van der Waals surface area contributed by atoms with Crippen molar-refractivity contribution >= 4 is 33.2 Å². The number of likely N-dealkylation sites (tertiary alicyclic amines) is 1. The lowest BCUT2D eigenvalue weighted by Gasteiger charge is -2.26. The highest BCUT2D eigenvalue weighted by Gasteiger charge is 2.24. The molecule has 0 unspecified atom stereocenters. The first kappa shape index (κ1) is 15.7. The first-order valence-corrected chi connectivity index (χ1v) is 9.22. The van der Waals surface area contributed by atoms with Gasteiger partial charge >= 0.3 is 0 Å².